The lowest BCUT2D eigenvalue weighted by molar-refractivity contribution is -0.132. The zero-order chi connectivity index (χ0) is 28.9. The third-order valence-corrected chi connectivity index (χ3v) is 12.7. The number of piperazine rings is 1. The number of aliphatic hydroxyl groups excluding tert-OH is 1. The van der Waals surface area contributed by atoms with E-state index in [1.807, 2.05) is 25.1 Å². The summed E-state index contributed by atoms with van der Waals surface area (Å²) < 4.78 is 0. The summed E-state index contributed by atoms with van der Waals surface area (Å²) in [7, 11) is 3.99. The highest BCUT2D eigenvalue weighted by atomic mass is 16.3. The van der Waals surface area contributed by atoms with E-state index in [0.29, 0.717) is 29.1 Å². The number of amides is 1. The summed E-state index contributed by atoms with van der Waals surface area (Å²) in [6.07, 6.45) is 15.4. The summed E-state index contributed by atoms with van der Waals surface area (Å²) in [4.78, 5) is 28.5. The Balaban J connectivity index is 1.03. The average molecular weight is 564 g/mol. The molecule has 41 heavy (non-hydrogen) atoms. The average Bonchev–Trinajstić information content (AvgIpc) is 3.33. The summed E-state index contributed by atoms with van der Waals surface area (Å²) >= 11 is 0. The quantitative estimate of drug-likeness (QED) is 0.458. The van der Waals surface area contributed by atoms with Crippen LogP contribution in [-0.4, -0.2) is 72.3 Å². The number of fused-ring (bicyclic) bond motifs is 5. The minimum absolute atomic E-state index is 0.127. The number of anilines is 2. The third kappa shape index (κ3) is 5.19. The molecular formula is C34H53N5O2. The molecule has 4 fully saturated rings. The van der Waals surface area contributed by atoms with E-state index in [2.05, 4.69) is 46.6 Å². The van der Waals surface area contributed by atoms with Crippen molar-refractivity contribution in [2.24, 2.45) is 40.4 Å². The van der Waals surface area contributed by atoms with Gasteiger partial charge in [0, 0.05) is 52.8 Å². The predicted octanol–water partition coefficient (Wildman–Crippen LogP) is 5.55. The van der Waals surface area contributed by atoms with Crippen molar-refractivity contribution in [2.75, 3.05) is 50.1 Å². The van der Waals surface area contributed by atoms with Gasteiger partial charge in [-0.05, 0) is 98.2 Å². The van der Waals surface area contributed by atoms with Crippen molar-refractivity contribution in [3.8, 4) is 0 Å². The topological polar surface area (TPSA) is 72.8 Å². The van der Waals surface area contributed by atoms with E-state index in [0.717, 1.165) is 87.2 Å². The molecule has 4 aliphatic carbocycles. The van der Waals surface area contributed by atoms with Gasteiger partial charge in [-0.1, -0.05) is 32.4 Å². The SMILES string of the molecule is CC(CCC(=O)N1CCN(c2cc(N(C)C)ncn2)CC1)[C@H]1CC[C@H]2[C@@H]3CC=C4C[C@@H](O)CC[C@]4(C)[C@H]3CC[C@]12C. The normalized spacial score (nSPS) is 37.5. The maximum atomic E-state index is 13.3. The van der Waals surface area contributed by atoms with Gasteiger partial charge in [0.05, 0.1) is 6.10 Å². The van der Waals surface area contributed by atoms with Gasteiger partial charge in [0.1, 0.15) is 18.0 Å². The van der Waals surface area contributed by atoms with Crippen LogP contribution < -0.4 is 9.80 Å². The molecule has 1 N–H and O–H groups in total. The lowest BCUT2D eigenvalue weighted by atomic mass is 9.47. The molecule has 0 spiro atoms. The number of carbonyl (C=O) groups is 1. The van der Waals surface area contributed by atoms with Crippen LogP contribution in [0.4, 0.5) is 11.6 Å². The van der Waals surface area contributed by atoms with Crippen LogP contribution in [0.3, 0.4) is 0 Å². The minimum atomic E-state index is -0.127. The van der Waals surface area contributed by atoms with Crippen molar-refractivity contribution < 1.29 is 9.90 Å². The van der Waals surface area contributed by atoms with Gasteiger partial charge in [-0.25, -0.2) is 9.97 Å². The molecule has 7 nitrogen and oxygen atoms in total. The largest absolute Gasteiger partial charge is 0.393 e. The van der Waals surface area contributed by atoms with E-state index in [9.17, 15) is 9.90 Å². The van der Waals surface area contributed by atoms with E-state index in [1.165, 1.54) is 32.1 Å². The highest BCUT2D eigenvalue weighted by Gasteiger charge is 2.59. The van der Waals surface area contributed by atoms with Crippen molar-refractivity contribution >= 4 is 17.5 Å². The van der Waals surface area contributed by atoms with Crippen LogP contribution in [0.15, 0.2) is 24.0 Å². The smallest absolute Gasteiger partial charge is 0.222 e. The Labute approximate surface area is 247 Å². The maximum Gasteiger partial charge on any atom is 0.222 e. The lowest BCUT2D eigenvalue weighted by Crippen LogP contribution is -2.51. The van der Waals surface area contributed by atoms with Gasteiger partial charge in [-0.3, -0.25) is 4.79 Å². The van der Waals surface area contributed by atoms with E-state index in [4.69, 9.17) is 0 Å². The van der Waals surface area contributed by atoms with E-state index >= 15 is 0 Å². The molecule has 5 aliphatic rings. The van der Waals surface area contributed by atoms with Gasteiger partial charge in [0.15, 0.2) is 0 Å². The standard InChI is InChI=1S/C34H53N5O2/c1-23(6-11-32(41)39-18-16-38(17-19-39)31-21-30(37(4)5)35-22-36-31)27-9-10-28-26-8-7-24-20-25(40)12-14-33(24,2)29(26)13-15-34(27,28)3/h7,21-23,25-29,40H,6,8-20H2,1-5H3/t23?,25-,26-,27+,28-,29-,33-,34+/m0/s1. The number of aliphatic hydroxyl groups is 1. The first-order chi connectivity index (χ1) is 19.6. The summed E-state index contributed by atoms with van der Waals surface area (Å²) in [5.74, 6) is 5.91. The molecule has 2 heterocycles. The fourth-order valence-corrected chi connectivity index (χ4v) is 10.3. The molecule has 8 atom stereocenters. The van der Waals surface area contributed by atoms with Gasteiger partial charge in [0.25, 0.3) is 0 Å². The number of aromatic nitrogens is 2. The molecule has 226 valence electrons. The number of carbonyl (C=O) groups excluding carboxylic acids is 1. The van der Waals surface area contributed by atoms with E-state index in [1.54, 1.807) is 11.9 Å². The van der Waals surface area contributed by atoms with Crippen LogP contribution in [0.5, 0.6) is 0 Å². The van der Waals surface area contributed by atoms with Crippen molar-refractivity contribution in [2.45, 2.75) is 91.1 Å². The Morgan fingerprint density at radius 3 is 2.61 bits per heavy atom. The monoisotopic (exact) mass is 563 g/mol. The van der Waals surface area contributed by atoms with Gasteiger partial charge >= 0.3 is 0 Å². The molecule has 1 amide bonds. The summed E-state index contributed by atoms with van der Waals surface area (Å²) in [5, 5.41) is 10.3. The molecule has 1 aromatic rings. The third-order valence-electron chi connectivity index (χ3n) is 12.7. The van der Waals surface area contributed by atoms with Crippen molar-refractivity contribution in [1.29, 1.82) is 0 Å². The molecule has 6 rings (SSSR count). The molecule has 1 saturated heterocycles. The fraction of sp³-hybridized carbons (Fsp3) is 0.794. The second-order valence-corrected chi connectivity index (χ2v) is 14.9. The molecule has 3 saturated carbocycles. The van der Waals surface area contributed by atoms with Crippen LogP contribution in [-0.2, 0) is 4.79 Å². The molecule has 0 bridgehead atoms. The second kappa shape index (κ2) is 11.2. The van der Waals surface area contributed by atoms with Gasteiger partial charge < -0.3 is 19.8 Å². The fourth-order valence-electron chi connectivity index (χ4n) is 10.3. The summed E-state index contributed by atoms with van der Waals surface area (Å²) in [6.45, 7) is 10.8. The molecule has 0 radical (unpaired) electrons. The molecule has 7 heteroatoms. The molecule has 1 unspecified atom stereocenters. The molecule has 0 aromatic carbocycles. The van der Waals surface area contributed by atoms with Crippen molar-refractivity contribution in [3.05, 3.63) is 24.0 Å². The Hall–Kier alpha value is -2.15. The Bertz CT molecular complexity index is 1150. The molecule has 1 aromatic heterocycles. The van der Waals surface area contributed by atoms with Gasteiger partial charge in [-0.2, -0.15) is 0 Å². The Morgan fingerprint density at radius 2 is 1.85 bits per heavy atom. The summed E-state index contributed by atoms with van der Waals surface area (Å²) in [5.41, 5.74) is 2.29. The number of rotatable bonds is 6. The second-order valence-electron chi connectivity index (χ2n) is 14.9. The van der Waals surface area contributed by atoms with Crippen LogP contribution in [0.25, 0.3) is 0 Å². The summed E-state index contributed by atoms with van der Waals surface area (Å²) in [6, 6.07) is 2.03. The van der Waals surface area contributed by atoms with E-state index < -0.39 is 0 Å². The minimum Gasteiger partial charge on any atom is -0.393 e. The number of hydrogen-bond acceptors (Lipinski definition) is 6. The highest BCUT2D eigenvalue weighted by Crippen LogP contribution is 2.67. The Morgan fingerprint density at radius 1 is 1.07 bits per heavy atom. The molecule has 1 aliphatic heterocycles. The van der Waals surface area contributed by atoms with Crippen molar-refractivity contribution in [1.82, 2.24) is 14.9 Å². The van der Waals surface area contributed by atoms with E-state index in [-0.39, 0.29) is 6.10 Å². The molecular weight excluding hydrogens is 510 g/mol. The first-order valence-corrected chi connectivity index (χ1v) is 16.5. The number of hydrogen-bond donors (Lipinski definition) is 1. The first-order valence-electron chi connectivity index (χ1n) is 16.5. The van der Waals surface area contributed by atoms with Crippen molar-refractivity contribution in [3.63, 3.8) is 0 Å². The van der Waals surface area contributed by atoms with Crippen LogP contribution in [0.1, 0.15) is 85.0 Å². The first kappa shape index (κ1) is 28.9. The van der Waals surface area contributed by atoms with Gasteiger partial charge in [0.2, 0.25) is 5.91 Å². The van der Waals surface area contributed by atoms with Crippen LogP contribution in [0, 0.1) is 40.4 Å². The zero-order valence-corrected chi connectivity index (χ0v) is 26.2. The number of nitrogens with zero attached hydrogens (tertiary/aromatic N) is 5. The lowest BCUT2D eigenvalue weighted by Gasteiger charge is -2.58. The zero-order valence-electron chi connectivity index (χ0n) is 26.2. The number of allylic oxidation sites excluding steroid dienone is 1. The van der Waals surface area contributed by atoms with Crippen LogP contribution >= 0.6 is 0 Å². The maximum absolute atomic E-state index is 13.3. The highest BCUT2D eigenvalue weighted by molar-refractivity contribution is 5.76. The van der Waals surface area contributed by atoms with Crippen LogP contribution in [0.2, 0.25) is 0 Å². The predicted molar refractivity (Wildman–Crippen MR) is 165 cm³/mol. The van der Waals surface area contributed by atoms with Gasteiger partial charge in [-0.15, -0.1) is 0 Å². The Kier molecular flexibility index (Phi) is 7.88.